The summed E-state index contributed by atoms with van der Waals surface area (Å²) in [5.74, 6) is 1.30. The lowest BCUT2D eigenvalue weighted by Crippen LogP contribution is -2.19. The standard InChI is InChI=1S/C9H21NS/c1-4-5-6-11-9(3)7-8(2)10/h8-9H,4-7,10H2,1-3H3. The van der Waals surface area contributed by atoms with Crippen molar-refractivity contribution < 1.29 is 0 Å². The molecule has 0 aromatic heterocycles. The van der Waals surface area contributed by atoms with Gasteiger partial charge in [-0.05, 0) is 25.5 Å². The first kappa shape index (κ1) is 11.3. The lowest BCUT2D eigenvalue weighted by atomic mass is 10.2. The summed E-state index contributed by atoms with van der Waals surface area (Å²) in [5.41, 5.74) is 5.68. The Morgan fingerprint density at radius 3 is 2.45 bits per heavy atom. The highest BCUT2D eigenvalue weighted by Crippen LogP contribution is 2.16. The monoisotopic (exact) mass is 175 g/mol. The molecule has 11 heavy (non-hydrogen) atoms. The maximum Gasteiger partial charge on any atom is 0.00333 e. The topological polar surface area (TPSA) is 26.0 Å². The average Bonchev–Trinajstić information content (AvgIpc) is 1.86. The Hall–Kier alpha value is 0.310. The molecule has 2 unspecified atom stereocenters. The van der Waals surface area contributed by atoms with Gasteiger partial charge in [-0.25, -0.2) is 0 Å². The first-order valence-electron chi connectivity index (χ1n) is 4.54. The first-order valence-corrected chi connectivity index (χ1v) is 5.58. The fraction of sp³-hybridized carbons (Fsp3) is 1.00. The van der Waals surface area contributed by atoms with Crippen molar-refractivity contribution in [1.82, 2.24) is 0 Å². The van der Waals surface area contributed by atoms with Gasteiger partial charge in [0.1, 0.15) is 0 Å². The van der Waals surface area contributed by atoms with E-state index in [0.717, 1.165) is 11.7 Å². The van der Waals surface area contributed by atoms with E-state index < -0.39 is 0 Å². The van der Waals surface area contributed by atoms with Crippen LogP contribution in [0.3, 0.4) is 0 Å². The molecule has 0 aromatic carbocycles. The zero-order valence-electron chi connectivity index (χ0n) is 7.97. The summed E-state index contributed by atoms with van der Waals surface area (Å²) in [7, 11) is 0. The van der Waals surface area contributed by atoms with Crippen molar-refractivity contribution in [1.29, 1.82) is 0 Å². The van der Waals surface area contributed by atoms with Gasteiger partial charge in [-0.3, -0.25) is 0 Å². The lowest BCUT2D eigenvalue weighted by Gasteiger charge is -2.12. The minimum atomic E-state index is 0.360. The Balaban J connectivity index is 3.15. The van der Waals surface area contributed by atoms with Crippen LogP contribution in [0, 0.1) is 0 Å². The van der Waals surface area contributed by atoms with Crippen molar-refractivity contribution in [2.45, 2.75) is 51.3 Å². The summed E-state index contributed by atoms with van der Waals surface area (Å²) >= 11 is 2.05. The summed E-state index contributed by atoms with van der Waals surface area (Å²) in [4.78, 5) is 0. The fourth-order valence-corrected chi connectivity index (χ4v) is 2.32. The van der Waals surface area contributed by atoms with Gasteiger partial charge in [0.05, 0.1) is 0 Å². The van der Waals surface area contributed by atoms with Crippen molar-refractivity contribution in [3.63, 3.8) is 0 Å². The molecule has 1 nitrogen and oxygen atoms in total. The molecule has 0 fully saturated rings. The zero-order chi connectivity index (χ0) is 8.69. The van der Waals surface area contributed by atoms with E-state index >= 15 is 0 Å². The van der Waals surface area contributed by atoms with Crippen LogP contribution in [0.4, 0.5) is 0 Å². The van der Waals surface area contributed by atoms with E-state index in [1.165, 1.54) is 18.6 Å². The van der Waals surface area contributed by atoms with E-state index in [2.05, 4.69) is 20.8 Å². The summed E-state index contributed by atoms with van der Waals surface area (Å²) in [6, 6.07) is 0.360. The van der Waals surface area contributed by atoms with Crippen LogP contribution in [0.1, 0.15) is 40.0 Å². The molecule has 0 rings (SSSR count). The molecule has 0 aliphatic heterocycles. The highest BCUT2D eigenvalue weighted by atomic mass is 32.2. The van der Waals surface area contributed by atoms with Crippen LogP contribution in [0.5, 0.6) is 0 Å². The maximum absolute atomic E-state index is 5.68. The SMILES string of the molecule is CCCCSC(C)CC(C)N. The summed E-state index contributed by atoms with van der Waals surface area (Å²) in [5, 5.41) is 0.738. The van der Waals surface area contributed by atoms with Gasteiger partial charge in [-0.1, -0.05) is 20.3 Å². The maximum atomic E-state index is 5.68. The number of nitrogens with two attached hydrogens (primary N) is 1. The van der Waals surface area contributed by atoms with Crippen LogP contribution in [0.25, 0.3) is 0 Å². The molecular weight excluding hydrogens is 154 g/mol. The van der Waals surface area contributed by atoms with E-state index in [9.17, 15) is 0 Å². The molecule has 0 amide bonds. The third kappa shape index (κ3) is 8.21. The Kier molecular flexibility index (Phi) is 7.18. The van der Waals surface area contributed by atoms with Crippen molar-refractivity contribution in [2.24, 2.45) is 5.73 Å². The van der Waals surface area contributed by atoms with Crippen LogP contribution >= 0.6 is 11.8 Å². The third-order valence-corrected chi connectivity index (χ3v) is 2.89. The van der Waals surface area contributed by atoms with Crippen molar-refractivity contribution in [3.8, 4) is 0 Å². The normalized spacial score (nSPS) is 16.4. The Bertz CT molecular complexity index is 83.6. The quantitative estimate of drug-likeness (QED) is 0.628. The van der Waals surface area contributed by atoms with Gasteiger partial charge in [0, 0.05) is 11.3 Å². The molecule has 0 aliphatic carbocycles. The molecule has 0 bridgehead atoms. The minimum absolute atomic E-state index is 0.360. The minimum Gasteiger partial charge on any atom is -0.328 e. The van der Waals surface area contributed by atoms with Crippen LogP contribution in [0.2, 0.25) is 0 Å². The van der Waals surface area contributed by atoms with Crippen LogP contribution < -0.4 is 5.73 Å². The molecule has 2 heteroatoms. The van der Waals surface area contributed by atoms with Crippen LogP contribution in [-0.2, 0) is 0 Å². The van der Waals surface area contributed by atoms with Crippen molar-refractivity contribution in [3.05, 3.63) is 0 Å². The highest BCUT2D eigenvalue weighted by molar-refractivity contribution is 7.99. The van der Waals surface area contributed by atoms with Crippen molar-refractivity contribution in [2.75, 3.05) is 5.75 Å². The van der Waals surface area contributed by atoms with Crippen LogP contribution in [-0.4, -0.2) is 17.0 Å². The number of hydrogen-bond donors (Lipinski definition) is 1. The smallest absolute Gasteiger partial charge is 0.00333 e. The van der Waals surface area contributed by atoms with Gasteiger partial charge < -0.3 is 5.73 Å². The van der Waals surface area contributed by atoms with Gasteiger partial charge in [0.25, 0.3) is 0 Å². The van der Waals surface area contributed by atoms with E-state index in [4.69, 9.17) is 5.73 Å². The second-order valence-electron chi connectivity index (χ2n) is 3.25. The Morgan fingerprint density at radius 2 is 2.00 bits per heavy atom. The van der Waals surface area contributed by atoms with Crippen LogP contribution in [0.15, 0.2) is 0 Å². The van der Waals surface area contributed by atoms with Gasteiger partial charge in [-0.15, -0.1) is 0 Å². The molecule has 0 radical (unpaired) electrons. The lowest BCUT2D eigenvalue weighted by molar-refractivity contribution is 0.662. The van der Waals surface area contributed by atoms with Crippen molar-refractivity contribution >= 4 is 11.8 Å². The first-order chi connectivity index (χ1) is 5.16. The molecule has 2 atom stereocenters. The van der Waals surface area contributed by atoms with Gasteiger partial charge in [-0.2, -0.15) is 11.8 Å². The Morgan fingerprint density at radius 1 is 1.36 bits per heavy atom. The van der Waals surface area contributed by atoms with E-state index in [-0.39, 0.29) is 0 Å². The molecule has 0 saturated heterocycles. The summed E-state index contributed by atoms with van der Waals surface area (Å²) in [6.07, 6.45) is 3.79. The third-order valence-electron chi connectivity index (χ3n) is 1.60. The summed E-state index contributed by atoms with van der Waals surface area (Å²) < 4.78 is 0. The molecule has 0 spiro atoms. The van der Waals surface area contributed by atoms with E-state index in [0.29, 0.717) is 6.04 Å². The molecule has 0 aromatic rings. The summed E-state index contributed by atoms with van der Waals surface area (Å²) in [6.45, 7) is 6.58. The number of thioether (sulfide) groups is 1. The predicted molar refractivity (Wildman–Crippen MR) is 55.1 cm³/mol. The van der Waals surface area contributed by atoms with Gasteiger partial charge in [0.15, 0.2) is 0 Å². The van der Waals surface area contributed by atoms with Gasteiger partial charge in [0.2, 0.25) is 0 Å². The molecule has 0 heterocycles. The second-order valence-corrected chi connectivity index (χ2v) is 4.79. The zero-order valence-corrected chi connectivity index (χ0v) is 8.79. The largest absolute Gasteiger partial charge is 0.328 e. The molecule has 0 saturated carbocycles. The molecular formula is C9H21NS. The predicted octanol–water partition coefficient (Wildman–Crippen LogP) is 2.65. The number of rotatable bonds is 6. The number of hydrogen-bond acceptors (Lipinski definition) is 2. The molecule has 2 N–H and O–H groups in total. The average molecular weight is 175 g/mol. The Labute approximate surface area is 75.1 Å². The van der Waals surface area contributed by atoms with E-state index in [1.807, 2.05) is 11.8 Å². The second kappa shape index (κ2) is 6.99. The van der Waals surface area contributed by atoms with E-state index in [1.54, 1.807) is 0 Å². The van der Waals surface area contributed by atoms with Gasteiger partial charge >= 0.3 is 0 Å². The highest BCUT2D eigenvalue weighted by Gasteiger charge is 2.04. The fourth-order valence-electron chi connectivity index (χ4n) is 1.02. The number of unbranched alkanes of at least 4 members (excludes halogenated alkanes) is 1. The molecule has 68 valence electrons. The molecule has 0 aliphatic rings.